The number of benzene rings is 1. The van der Waals surface area contributed by atoms with E-state index in [1.54, 1.807) is 12.3 Å². The summed E-state index contributed by atoms with van der Waals surface area (Å²) in [5.74, 6) is 0. The van der Waals surface area contributed by atoms with E-state index in [0.717, 1.165) is 47.1 Å². The molecule has 0 N–H and O–H groups in total. The monoisotopic (exact) mass is 393 g/mol. The molecule has 0 fully saturated rings. The van der Waals surface area contributed by atoms with E-state index in [0.29, 0.717) is 12.8 Å². The number of pyridine rings is 1. The van der Waals surface area contributed by atoms with Gasteiger partial charge in [-0.2, -0.15) is 13.2 Å². The topological polar surface area (TPSA) is 47.0 Å². The second-order valence-electron chi connectivity index (χ2n) is 6.43. The van der Waals surface area contributed by atoms with Crippen LogP contribution in [0.15, 0.2) is 65.3 Å². The molecule has 27 heavy (non-hydrogen) atoms. The standard InChI is InChI=1S/C20H18F3NO2S/c1-27(25,26)19-12-9-16(13-24-19)18-4-2-3-15(18)8-5-14-6-10-17(11-7-14)20(21,22)23/h3-4,6-7,9-13H,2,5,8H2,1H3. The molecule has 1 heterocycles. The summed E-state index contributed by atoms with van der Waals surface area (Å²) < 4.78 is 60.9. The fraction of sp³-hybridized carbons (Fsp3) is 0.250. The van der Waals surface area contributed by atoms with Gasteiger partial charge in [0.05, 0.1) is 5.56 Å². The summed E-state index contributed by atoms with van der Waals surface area (Å²) in [5.41, 5.74) is 3.10. The third-order valence-electron chi connectivity index (χ3n) is 4.42. The second-order valence-corrected chi connectivity index (χ2v) is 8.40. The van der Waals surface area contributed by atoms with Gasteiger partial charge in [-0.15, -0.1) is 0 Å². The lowest BCUT2D eigenvalue weighted by Crippen LogP contribution is -2.04. The highest BCUT2D eigenvalue weighted by atomic mass is 32.2. The number of hydrogen-bond acceptors (Lipinski definition) is 3. The van der Waals surface area contributed by atoms with Gasteiger partial charge in [-0.3, -0.25) is 0 Å². The van der Waals surface area contributed by atoms with Crippen LogP contribution in [-0.2, 0) is 22.4 Å². The molecule has 3 rings (SSSR count). The van der Waals surface area contributed by atoms with Gasteiger partial charge in [0.25, 0.3) is 0 Å². The Labute approximate surface area is 156 Å². The smallest absolute Gasteiger partial charge is 0.244 e. The Morgan fingerprint density at radius 2 is 1.70 bits per heavy atom. The lowest BCUT2D eigenvalue weighted by Gasteiger charge is -2.11. The van der Waals surface area contributed by atoms with E-state index in [9.17, 15) is 21.6 Å². The van der Waals surface area contributed by atoms with Crippen LogP contribution in [0.25, 0.3) is 5.57 Å². The molecule has 3 nitrogen and oxygen atoms in total. The zero-order chi connectivity index (χ0) is 19.7. The predicted octanol–water partition coefficient (Wildman–Crippen LogP) is 4.85. The normalized spacial score (nSPS) is 14.8. The second kappa shape index (κ2) is 7.31. The number of alkyl halides is 3. The summed E-state index contributed by atoms with van der Waals surface area (Å²) in [6, 6.07) is 8.42. The zero-order valence-electron chi connectivity index (χ0n) is 14.6. The number of rotatable bonds is 5. The zero-order valence-corrected chi connectivity index (χ0v) is 15.4. The largest absolute Gasteiger partial charge is 0.416 e. The number of aromatic nitrogens is 1. The number of sulfone groups is 1. The lowest BCUT2D eigenvalue weighted by molar-refractivity contribution is -0.137. The van der Waals surface area contributed by atoms with Crippen molar-refractivity contribution in [3.63, 3.8) is 0 Å². The fourth-order valence-corrected chi connectivity index (χ4v) is 3.56. The van der Waals surface area contributed by atoms with Gasteiger partial charge < -0.3 is 0 Å². The highest BCUT2D eigenvalue weighted by Crippen LogP contribution is 2.33. The summed E-state index contributed by atoms with van der Waals surface area (Å²) in [6.45, 7) is 0. The van der Waals surface area contributed by atoms with Crippen molar-refractivity contribution in [3.8, 4) is 0 Å². The predicted molar refractivity (Wildman–Crippen MR) is 97.8 cm³/mol. The Bertz CT molecular complexity index is 987. The van der Waals surface area contributed by atoms with E-state index < -0.39 is 21.6 Å². The summed E-state index contributed by atoms with van der Waals surface area (Å²) in [4.78, 5) is 4.02. The molecule has 0 amide bonds. The first-order valence-electron chi connectivity index (χ1n) is 8.37. The maximum atomic E-state index is 12.6. The van der Waals surface area contributed by atoms with E-state index in [-0.39, 0.29) is 5.03 Å². The molecule has 0 saturated carbocycles. The van der Waals surface area contributed by atoms with Gasteiger partial charge in [-0.1, -0.05) is 24.3 Å². The summed E-state index contributed by atoms with van der Waals surface area (Å²) in [7, 11) is -3.34. The van der Waals surface area contributed by atoms with Crippen molar-refractivity contribution in [1.29, 1.82) is 0 Å². The Hall–Kier alpha value is -2.41. The molecule has 1 aromatic carbocycles. The van der Waals surface area contributed by atoms with Crippen LogP contribution in [-0.4, -0.2) is 19.7 Å². The van der Waals surface area contributed by atoms with Gasteiger partial charge in [-0.05, 0) is 60.2 Å². The molecule has 1 aliphatic carbocycles. The van der Waals surface area contributed by atoms with Crippen LogP contribution in [0.2, 0.25) is 0 Å². The Balaban J connectivity index is 1.68. The third kappa shape index (κ3) is 4.66. The molecule has 1 aromatic heterocycles. The molecular formula is C20H18F3NO2S. The van der Waals surface area contributed by atoms with E-state index in [1.165, 1.54) is 18.2 Å². The van der Waals surface area contributed by atoms with E-state index in [4.69, 9.17) is 0 Å². The van der Waals surface area contributed by atoms with Gasteiger partial charge in [-0.25, -0.2) is 13.4 Å². The molecule has 1 aliphatic rings. The van der Waals surface area contributed by atoms with Crippen LogP contribution in [0, 0.1) is 0 Å². The number of hydrogen-bond donors (Lipinski definition) is 0. The van der Waals surface area contributed by atoms with Crippen LogP contribution in [0.5, 0.6) is 0 Å². The minimum absolute atomic E-state index is 0.0279. The number of nitrogens with zero attached hydrogens (tertiary/aromatic N) is 1. The molecule has 0 radical (unpaired) electrons. The summed E-state index contributed by atoms with van der Waals surface area (Å²) >= 11 is 0. The van der Waals surface area contributed by atoms with Crippen molar-refractivity contribution in [2.45, 2.75) is 30.5 Å². The van der Waals surface area contributed by atoms with Crippen molar-refractivity contribution >= 4 is 15.4 Å². The van der Waals surface area contributed by atoms with Crippen molar-refractivity contribution in [2.75, 3.05) is 6.26 Å². The first-order valence-corrected chi connectivity index (χ1v) is 10.3. The molecule has 0 unspecified atom stereocenters. The Morgan fingerprint density at radius 1 is 1.00 bits per heavy atom. The molecule has 7 heteroatoms. The van der Waals surface area contributed by atoms with Gasteiger partial charge >= 0.3 is 6.18 Å². The number of halogens is 3. The van der Waals surface area contributed by atoms with Crippen molar-refractivity contribution < 1.29 is 21.6 Å². The van der Waals surface area contributed by atoms with E-state index >= 15 is 0 Å². The maximum absolute atomic E-state index is 12.6. The Morgan fingerprint density at radius 3 is 2.26 bits per heavy atom. The minimum atomic E-state index is -4.33. The molecule has 0 saturated heterocycles. The summed E-state index contributed by atoms with van der Waals surface area (Å²) in [6.07, 6.45) is 4.52. The summed E-state index contributed by atoms with van der Waals surface area (Å²) in [5, 5.41) is 0.0279. The van der Waals surface area contributed by atoms with Crippen LogP contribution >= 0.6 is 0 Å². The molecule has 142 valence electrons. The maximum Gasteiger partial charge on any atom is 0.416 e. The van der Waals surface area contributed by atoms with E-state index in [1.807, 2.05) is 6.08 Å². The van der Waals surface area contributed by atoms with E-state index in [2.05, 4.69) is 11.1 Å². The first kappa shape index (κ1) is 19.4. The quantitative estimate of drug-likeness (QED) is 0.730. The number of allylic oxidation sites excluding steroid dienone is 4. The highest BCUT2D eigenvalue weighted by Gasteiger charge is 2.29. The fourth-order valence-electron chi connectivity index (χ4n) is 3.00. The molecule has 0 bridgehead atoms. The molecule has 0 spiro atoms. The number of aryl methyl sites for hydroxylation is 1. The van der Waals surface area contributed by atoms with Crippen LogP contribution < -0.4 is 0 Å². The van der Waals surface area contributed by atoms with Crippen molar-refractivity contribution in [1.82, 2.24) is 4.98 Å². The van der Waals surface area contributed by atoms with Crippen LogP contribution in [0.3, 0.4) is 0 Å². The van der Waals surface area contributed by atoms with Crippen molar-refractivity contribution in [2.24, 2.45) is 0 Å². The van der Waals surface area contributed by atoms with Gasteiger partial charge in [0.15, 0.2) is 14.9 Å². The SMILES string of the molecule is CS(=O)(=O)c1ccc(C2=CCC=C2CCc2ccc(C(F)(F)F)cc2)cn1. The highest BCUT2D eigenvalue weighted by molar-refractivity contribution is 7.90. The molecule has 0 aliphatic heterocycles. The van der Waals surface area contributed by atoms with Gasteiger partial charge in [0, 0.05) is 18.0 Å². The average molecular weight is 393 g/mol. The first-order chi connectivity index (χ1) is 12.6. The average Bonchev–Trinajstić information content (AvgIpc) is 3.07. The third-order valence-corrected chi connectivity index (χ3v) is 5.42. The van der Waals surface area contributed by atoms with Gasteiger partial charge in [0.1, 0.15) is 0 Å². The van der Waals surface area contributed by atoms with Crippen LogP contribution in [0.4, 0.5) is 13.2 Å². The van der Waals surface area contributed by atoms with Crippen LogP contribution in [0.1, 0.15) is 29.5 Å². The molecule has 0 atom stereocenters. The minimum Gasteiger partial charge on any atom is -0.244 e. The van der Waals surface area contributed by atoms with Gasteiger partial charge in [0.2, 0.25) is 0 Å². The lowest BCUT2D eigenvalue weighted by atomic mass is 9.96. The molecule has 2 aromatic rings. The Kier molecular flexibility index (Phi) is 5.24. The molecular weight excluding hydrogens is 375 g/mol. The van der Waals surface area contributed by atoms with Crippen molar-refractivity contribution in [3.05, 3.63) is 77.0 Å².